The van der Waals surface area contributed by atoms with Crippen LogP contribution in [0, 0.1) is 0 Å². The number of primary amides is 1. The second kappa shape index (κ2) is 8.37. The van der Waals surface area contributed by atoms with E-state index >= 15 is 0 Å². The average Bonchev–Trinajstić information content (AvgIpc) is 2.58. The van der Waals surface area contributed by atoms with Gasteiger partial charge in [-0.05, 0) is 52.0 Å². The molecule has 1 aromatic carbocycles. The molecule has 0 aromatic heterocycles. The van der Waals surface area contributed by atoms with Crippen molar-refractivity contribution in [2.24, 2.45) is 5.73 Å². The number of morpholine rings is 1. The minimum Gasteiger partial charge on any atom is -0.373 e. The van der Waals surface area contributed by atoms with E-state index in [1.54, 1.807) is 13.8 Å². The molecule has 0 radical (unpaired) electrons. The average molecular weight is 397 g/mol. The van der Waals surface area contributed by atoms with Crippen molar-refractivity contribution >= 4 is 21.8 Å². The summed E-state index contributed by atoms with van der Waals surface area (Å²) in [4.78, 5) is 25.3. The highest BCUT2D eigenvalue weighted by Gasteiger charge is 2.32. The topological polar surface area (TPSA) is 110 Å². The van der Waals surface area contributed by atoms with E-state index in [0.29, 0.717) is 5.56 Å². The summed E-state index contributed by atoms with van der Waals surface area (Å²) >= 11 is 0. The Hall–Kier alpha value is -1.97. The summed E-state index contributed by atoms with van der Waals surface area (Å²) in [6, 6.07) is 5.52. The Morgan fingerprint density at radius 3 is 2.15 bits per heavy atom. The summed E-state index contributed by atoms with van der Waals surface area (Å²) in [6.45, 7) is 7.60. The Morgan fingerprint density at radius 1 is 1.19 bits per heavy atom. The van der Waals surface area contributed by atoms with Crippen molar-refractivity contribution in [2.45, 2.75) is 50.8 Å². The molecule has 8 nitrogen and oxygen atoms in total. The Balaban J connectivity index is 2.23. The highest BCUT2D eigenvalue weighted by Crippen LogP contribution is 2.22. The first-order chi connectivity index (χ1) is 12.5. The molecule has 1 aliphatic rings. The number of ether oxygens (including phenoxy) is 1. The van der Waals surface area contributed by atoms with E-state index in [1.165, 1.54) is 33.5 Å². The van der Waals surface area contributed by atoms with E-state index in [4.69, 9.17) is 10.5 Å². The van der Waals surface area contributed by atoms with Crippen molar-refractivity contribution in [1.82, 2.24) is 9.21 Å². The van der Waals surface area contributed by atoms with Crippen LogP contribution >= 0.6 is 0 Å². The number of rotatable bonds is 6. The molecule has 0 bridgehead atoms. The molecule has 2 N–H and O–H groups in total. The van der Waals surface area contributed by atoms with Gasteiger partial charge in [0, 0.05) is 24.7 Å². The van der Waals surface area contributed by atoms with Gasteiger partial charge in [-0.1, -0.05) is 0 Å². The minimum absolute atomic E-state index is 0.117. The highest BCUT2D eigenvalue weighted by molar-refractivity contribution is 7.89. The lowest BCUT2D eigenvalue weighted by atomic mass is 10.1. The van der Waals surface area contributed by atoms with E-state index in [2.05, 4.69) is 0 Å². The zero-order valence-electron chi connectivity index (χ0n) is 16.1. The van der Waals surface area contributed by atoms with E-state index in [1.807, 2.05) is 13.8 Å². The molecule has 2 amide bonds. The van der Waals surface area contributed by atoms with Gasteiger partial charge in [0.15, 0.2) is 0 Å². The summed E-state index contributed by atoms with van der Waals surface area (Å²) in [5, 5.41) is 0. The number of carbonyl (C=O) groups is 2. The van der Waals surface area contributed by atoms with Crippen LogP contribution in [-0.2, 0) is 19.6 Å². The van der Waals surface area contributed by atoms with Crippen LogP contribution in [0.3, 0.4) is 0 Å². The lowest BCUT2D eigenvalue weighted by Gasteiger charge is -2.34. The third kappa shape index (κ3) is 5.06. The number of benzene rings is 1. The van der Waals surface area contributed by atoms with Crippen molar-refractivity contribution in [3.8, 4) is 0 Å². The maximum Gasteiger partial charge on any atom is 0.254 e. The smallest absolute Gasteiger partial charge is 0.254 e. The van der Waals surface area contributed by atoms with Crippen LogP contribution in [0.2, 0.25) is 0 Å². The Labute approximate surface area is 160 Å². The first-order valence-electron chi connectivity index (χ1n) is 8.87. The molecule has 2 rings (SSSR count). The molecule has 1 aromatic rings. The van der Waals surface area contributed by atoms with Gasteiger partial charge in [0.05, 0.1) is 23.6 Å². The zero-order chi connectivity index (χ0) is 20.4. The molecule has 0 unspecified atom stereocenters. The predicted octanol–water partition coefficient (Wildman–Crippen LogP) is 0.820. The van der Waals surface area contributed by atoms with Crippen molar-refractivity contribution in [2.75, 3.05) is 19.6 Å². The van der Waals surface area contributed by atoms with Gasteiger partial charge in [-0.15, -0.1) is 0 Å². The van der Waals surface area contributed by atoms with E-state index in [-0.39, 0.29) is 48.7 Å². The fraction of sp³-hybridized carbons (Fsp3) is 0.556. The van der Waals surface area contributed by atoms with Crippen LogP contribution in [0.15, 0.2) is 29.2 Å². The third-order valence-corrected chi connectivity index (χ3v) is 6.18. The summed E-state index contributed by atoms with van der Waals surface area (Å²) < 4.78 is 32.7. The molecule has 27 heavy (non-hydrogen) atoms. The number of carbonyl (C=O) groups excluding carboxylic acids is 2. The third-order valence-electron chi connectivity index (χ3n) is 4.34. The lowest BCUT2D eigenvalue weighted by molar-refractivity contribution is -0.119. The van der Waals surface area contributed by atoms with Crippen molar-refractivity contribution in [3.63, 3.8) is 0 Å². The molecule has 9 heteroatoms. The van der Waals surface area contributed by atoms with E-state index < -0.39 is 15.9 Å². The SMILES string of the molecule is CC(C)N(CC(N)=O)C(=O)c1ccc(S(=O)(=O)N2C[C@@H](C)O[C@@H](C)C2)cc1. The fourth-order valence-corrected chi connectivity index (χ4v) is 4.66. The van der Waals surface area contributed by atoms with Crippen LogP contribution in [0.1, 0.15) is 38.1 Å². The first-order valence-corrected chi connectivity index (χ1v) is 10.3. The first kappa shape index (κ1) is 21.3. The molecule has 1 saturated heterocycles. The van der Waals surface area contributed by atoms with Crippen LogP contribution in [0.25, 0.3) is 0 Å². The summed E-state index contributed by atoms with van der Waals surface area (Å²) in [5.41, 5.74) is 5.50. The van der Waals surface area contributed by atoms with Crippen molar-refractivity contribution < 1.29 is 22.7 Å². The fourth-order valence-electron chi connectivity index (χ4n) is 3.07. The number of nitrogens with zero attached hydrogens (tertiary/aromatic N) is 2. The van der Waals surface area contributed by atoms with Crippen molar-refractivity contribution in [1.29, 1.82) is 0 Å². The van der Waals surface area contributed by atoms with Gasteiger partial charge in [0.2, 0.25) is 15.9 Å². The maximum atomic E-state index is 12.9. The van der Waals surface area contributed by atoms with Gasteiger partial charge in [-0.3, -0.25) is 9.59 Å². The maximum absolute atomic E-state index is 12.9. The molecule has 0 saturated carbocycles. The molecule has 150 valence electrons. The van der Waals surface area contributed by atoms with Gasteiger partial charge < -0.3 is 15.4 Å². The number of amides is 2. The Kier molecular flexibility index (Phi) is 6.61. The quantitative estimate of drug-likeness (QED) is 0.764. The molecule has 1 heterocycles. The Bertz CT molecular complexity index is 782. The highest BCUT2D eigenvalue weighted by atomic mass is 32.2. The van der Waals surface area contributed by atoms with Gasteiger partial charge in [-0.25, -0.2) is 8.42 Å². The molecular weight excluding hydrogens is 370 g/mol. The number of hydrogen-bond donors (Lipinski definition) is 1. The summed E-state index contributed by atoms with van der Waals surface area (Å²) in [6.07, 6.45) is -0.365. The van der Waals surface area contributed by atoms with Gasteiger partial charge >= 0.3 is 0 Å². The van der Waals surface area contributed by atoms with Crippen LogP contribution < -0.4 is 5.73 Å². The summed E-state index contributed by atoms with van der Waals surface area (Å²) in [7, 11) is -3.67. The normalized spacial score (nSPS) is 21.2. The molecule has 1 aliphatic heterocycles. The molecule has 1 fully saturated rings. The van der Waals surface area contributed by atoms with Crippen LogP contribution in [0.4, 0.5) is 0 Å². The van der Waals surface area contributed by atoms with Crippen molar-refractivity contribution in [3.05, 3.63) is 29.8 Å². The largest absolute Gasteiger partial charge is 0.373 e. The number of hydrogen-bond acceptors (Lipinski definition) is 5. The monoisotopic (exact) mass is 397 g/mol. The second-order valence-corrected chi connectivity index (χ2v) is 9.03. The zero-order valence-corrected chi connectivity index (χ0v) is 16.9. The predicted molar refractivity (Wildman–Crippen MR) is 101 cm³/mol. The van der Waals surface area contributed by atoms with Gasteiger partial charge in [0.1, 0.15) is 0 Å². The minimum atomic E-state index is -3.67. The summed E-state index contributed by atoms with van der Waals surface area (Å²) in [5.74, 6) is -0.979. The van der Waals surface area contributed by atoms with E-state index in [0.717, 1.165) is 0 Å². The number of nitrogens with two attached hydrogens (primary N) is 1. The molecule has 2 atom stereocenters. The molecular formula is C18H27N3O5S. The van der Waals surface area contributed by atoms with E-state index in [9.17, 15) is 18.0 Å². The van der Waals surface area contributed by atoms with Gasteiger partial charge in [-0.2, -0.15) is 4.31 Å². The molecule has 0 spiro atoms. The van der Waals surface area contributed by atoms with Crippen LogP contribution in [-0.4, -0.2) is 67.3 Å². The molecule has 0 aliphatic carbocycles. The Morgan fingerprint density at radius 2 is 1.70 bits per heavy atom. The number of sulfonamides is 1. The van der Waals surface area contributed by atoms with Gasteiger partial charge in [0.25, 0.3) is 5.91 Å². The standard InChI is InChI=1S/C18H27N3O5S/c1-12(2)21(11-17(19)22)18(23)15-5-7-16(8-6-15)27(24,25)20-9-13(3)26-14(4)10-20/h5-8,12-14H,9-11H2,1-4H3,(H2,19,22)/t13-,14+. The second-order valence-electron chi connectivity index (χ2n) is 7.10. The van der Waals surface area contributed by atoms with Crippen LogP contribution in [0.5, 0.6) is 0 Å². The lowest BCUT2D eigenvalue weighted by Crippen LogP contribution is -2.48.